The molecule has 76 valence electrons. The van der Waals surface area contributed by atoms with E-state index in [1.165, 1.54) is 11.8 Å². The first-order valence-corrected chi connectivity index (χ1v) is 5.29. The van der Waals surface area contributed by atoms with E-state index in [2.05, 4.69) is 0 Å². The highest BCUT2D eigenvalue weighted by Gasteiger charge is 2.02. The van der Waals surface area contributed by atoms with Crippen molar-refractivity contribution < 1.29 is 9.90 Å². The maximum absolute atomic E-state index is 10.3. The van der Waals surface area contributed by atoms with Gasteiger partial charge in [0.2, 0.25) is 0 Å². The summed E-state index contributed by atoms with van der Waals surface area (Å²) in [5, 5.41) is 8.47. The van der Waals surface area contributed by atoms with Crippen LogP contribution in [0, 0.1) is 6.92 Å². The first-order valence-electron chi connectivity index (χ1n) is 4.30. The summed E-state index contributed by atoms with van der Waals surface area (Å²) in [6.45, 7) is 1.99. The standard InChI is InChI=1S/C10H13NO2S/c1-7-2-3-8(11)9(6-7)14-5-4-10(12)13/h2-3,6H,4-5,11H2,1H3,(H,12,13). The predicted octanol–water partition coefficient (Wildman–Crippen LogP) is 2.14. The van der Waals surface area contributed by atoms with Gasteiger partial charge in [-0.05, 0) is 24.6 Å². The van der Waals surface area contributed by atoms with Crippen molar-refractivity contribution in [2.24, 2.45) is 0 Å². The number of carboxylic acid groups (broad SMARTS) is 1. The molecule has 0 atom stereocenters. The van der Waals surface area contributed by atoms with Crippen LogP contribution in [0.1, 0.15) is 12.0 Å². The molecule has 0 amide bonds. The Morgan fingerprint density at radius 2 is 2.29 bits per heavy atom. The Morgan fingerprint density at radius 1 is 1.57 bits per heavy atom. The van der Waals surface area contributed by atoms with Crippen LogP contribution in [0.4, 0.5) is 5.69 Å². The number of aliphatic carboxylic acids is 1. The molecule has 0 unspecified atom stereocenters. The number of hydrogen-bond acceptors (Lipinski definition) is 3. The van der Waals surface area contributed by atoms with E-state index in [4.69, 9.17) is 10.8 Å². The molecule has 0 saturated heterocycles. The van der Waals surface area contributed by atoms with Crippen molar-refractivity contribution in [2.75, 3.05) is 11.5 Å². The summed E-state index contributed by atoms with van der Waals surface area (Å²) in [6.07, 6.45) is 0.165. The van der Waals surface area contributed by atoms with Gasteiger partial charge in [-0.2, -0.15) is 0 Å². The van der Waals surface area contributed by atoms with E-state index < -0.39 is 5.97 Å². The smallest absolute Gasteiger partial charge is 0.304 e. The van der Waals surface area contributed by atoms with Gasteiger partial charge >= 0.3 is 5.97 Å². The van der Waals surface area contributed by atoms with Crippen LogP contribution in [0.25, 0.3) is 0 Å². The zero-order valence-electron chi connectivity index (χ0n) is 7.99. The van der Waals surface area contributed by atoms with Gasteiger partial charge in [0.05, 0.1) is 6.42 Å². The van der Waals surface area contributed by atoms with Crippen molar-refractivity contribution in [3.8, 4) is 0 Å². The van der Waals surface area contributed by atoms with Gasteiger partial charge in [-0.1, -0.05) is 6.07 Å². The van der Waals surface area contributed by atoms with Crippen molar-refractivity contribution in [1.29, 1.82) is 0 Å². The molecule has 3 N–H and O–H groups in total. The number of hydrogen-bond donors (Lipinski definition) is 2. The van der Waals surface area contributed by atoms with E-state index in [-0.39, 0.29) is 6.42 Å². The molecule has 0 fully saturated rings. The number of carbonyl (C=O) groups is 1. The van der Waals surface area contributed by atoms with E-state index >= 15 is 0 Å². The van der Waals surface area contributed by atoms with Crippen LogP contribution in [-0.2, 0) is 4.79 Å². The van der Waals surface area contributed by atoms with Crippen molar-refractivity contribution >= 4 is 23.4 Å². The Bertz CT molecular complexity index is 339. The lowest BCUT2D eigenvalue weighted by Gasteiger charge is -2.05. The molecule has 1 aromatic carbocycles. The molecular formula is C10H13NO2S. The second-order valence-electron chi connectivity index (χ2n) is 3.03. The molecule has 3 nitrogen and oxygen atoms in total. The largest absolute Gasteiger partial charge is 0.481 e. The highest BCUT2D eigenvalue weighted by Crippen LogP contribution is 2.26. The van der Waals surface area contributed by atoms with Crippen LogP contribution < -0.4 is 5.73 Å². The molecule has 0 bridgehead atoms. The zero-order chi connectivity index (χ0) is 10.6. The molecule has 0 aliphatic heterocycles. The monoisotopic (exact) mass is 211 g/mol. The minimum Gasteiger partial charge on any atom is -0.481 e. The molecule has 0 heterocycles. The molecule has 1 aromatic rings. The molecule has 4 heteroatoms. The molecule has 0 radical (unpaired) electrons. The first kappa shape index (κ1) is 10.9. The fraction of sp³-hybridized carbons (Fsp3) is 0.300. The number of nitrogens with two attached hydrogens (primary N) is 1. The predicted molar refractivity (Wildman–Crippen MR) is 58.6 cm³/mol. The van der Waals surface area contributed by atoms with Gasteiger partial charge in [-0.25, -0.2) is 0 Å². The zero-order valence-corrected chi connectivity index (χ0v) is 8.80. The van der Waals surface area contributed by atoms with Gasteiger partial charge in [0.15, 0.2) is 0 Å². The summed E-state index contributed by atoms with van der Waals surface area (Å²) in [5.41, 5.74) is 7.59. The second kappa shape index (κ2) is 4.91. The molecule has 0 aliphatic rings. The van der Waals surface area contributed by atoms with Crippen LogP contribution in [0.5, 0.6) is 0 Å². The number of benzene rings is 1. The van der Waals surface area contributed by atoms with Crippen molar-refractivity contribution in [2.45, 2.75) is 18.2 Å². The number of aryl methyl sites for hydroxylation is 1. The minimum absolute atomic E-state index is 0.165. The number of nitrogen functional groups attached to an aromatic ring is 1. The molecular weight excluding hydrogens is 198 g/mol. The maximum atomic E-state index is 10.3. The van der Waals surface area contributed by atoms with Gasteiger partial charge < -0.3 is 10.8 Å². The fourth-order valence-electron chi connectivity index (χ4n) is 1.01. The third kappa shape index (κ3) is 3.30. The van der Waals surface area contributed by atoms with Crippen LogP contribution >= 0.6 is 11.8 Å². The number of carboxylic acids is 1. The van der Waals surface area contributed by atoms with Crippen molar-refractivity contribution in [3.63, 3.8) is 0 Å². The Morgan fingerprint density at radius 3 is 2.93 bits per heavy atom. The van der Waals surface area contributed by atoms with Gasteiger partial charge in [0.25, 0.3) is 0 Å². The lowest BCUT2D eigenvalue weighted by molar-refractivity contribution is -0.136. The first-order chi connectivity index (χ1) is 6.59. The lowest BCUT2D eigenvalue weighted by Crippen LogP contribution is -1.97. The van der Waals surface area contributed by atoms with Crippen LogP contribution in [-0.4, -0.2) is 16.8 Å². The quantitative estimate of drug-likeness (QED) is 0.591. The molecule has 14 heavy (non-hydrogen) atoms. The molecule has 0 spiro atoms. The highest BCUT2D eigenvalue weighted by atomic mass is 32.2. The number of thioether (sulfide) groups is 1. The van der Waals surface area contributed by atoms with Crippen LogP contribution in [0.3, 0.4) is 0 Å². The third-order valence-electron chi connectivity index (χ3n) is 1.74. The number of rotatable bonds is 4. The fourth-order valence-corrected chi connectivity index (χ4v) is 2.02. The van der Waals surface area contributed by atoms with E-state index in [0.717, 1.165) is 10.5 Å². The topological polar surface area (TPSA) is 63.3 Å². The SMILES string of the molecule is Cc1ccc(N)c(SCCC(=O)O)c1. The summed E-state index contributed by atoms with van der Waals surface area (Å²) >= 11 is 1.48. The van der Waals surface area contributed by atoms with E-state index in [1.54, 1.807) is 0 Å². The maximum Gasteiger partial charge on any atom is 0.304 e. The summed E-state index contributed by atoms with van der Waals surface area (Å²) in [4.78, 5) is 11.3. The molecule has 0 saturated carbocycles. The lowest BCUT2D eigenvalue weighted by atomic mass is 10.2. The summed E-state index contributed by atoms with van der Waals surface area (Å²) in [7, 11) is 0. The van der Waals surface area contributed by atoms with Crippen molar-refractivity contribution in [1.82, 2.24) is 0 Å². The van der Waals surface area contributed by atoms with Crippen LogP contribution in [0.15, 0.2) is 23.1 Å². The normalized spacial score (nSPS) is 10.1. The van der Waals surface area contributed by atoms with E-state index in [0.29, 0.717) is 11.4 Å². The van der Waals surface area contributed by atoms with Gasteiger partial charge in [0, 0.05) is 16.3 Å². The second-order valence-corrected chi connectivity index (χ2v) is 4.17. The Balaban J connectivity index is 2.57. The van der Waals surface area contributed by atoms with E-state index in [9.17, 15) is 4.79 Å². The Kier molecular flexibility index (Phi) is 3.83. The van der Waals surface area contributed by atoms with Crippen molar-refractivity contribution in [3.05, 3.63) is 23.8 Å². The average molecular weight is 211 g/mol. The molecule has 0 aliphatic carbocycles. The van der Waals surface area contributed by atoms with E-state index in [1.807, 2.05) is 25.1 Å². The molecule has 0 aromatic heterocycles. The highest BCUT2D eigenvalue weighted by molar-refractivity contribution is 7.99. The molecule has 1 rings (SSSR count). The Hall–Kier alpha value is -1.16. The summed E-state index contributed by atoms with van der Waals surface area (Å²) in [6, 6.07) is 5.76. The third-order valence-corrected chi connectivity index (χ3v) is 2.82. The van der Waals surface area contributed by atoms with Gasteiger partial charge in [-0.3, -0.25) is 4.79 Å². The Labute approximate surface area is 87.3 Å². The van der Waals surface area contributed by atoms with Gasteiger partial charge in [0.1, 0.15) is 0 Å². The summed E-state index contributed by atoms with van der Waals surface area (Å²) < 4.78 is 0. The van der Waals surface area contributed by atoms with Crippen LogP contribution in [0.2, 0.25) is 0 Å². The number of anilines is 1. The summed E-state index contributed by atoms with van der Waals surface area (Å²) in [5.74, 6) is -0.216. The average Bonchev–Trinajstić information content (AvgIpc) is 2.10. The van der Waals surface area contributed by atoms with Gasteiger partial charge in [-0.15, -0.1) is 11.8 Å². The minimum atomic E-state index is -0.774.